The molecule has 1 N–H and O–H groups in total. The highest BCUT2D eigenvalue weighted by Gasteiger charge is 2.28. The van der Waals surface area contributed by atoms with Gasteiger partial charge in [0.2, 0.25) is 0 Å². The van der Waals surface area contributed by atoms with E-state index in [1.54, 1.807) is 0 Å². The first-order valence-electron chi connectivity index (χ1n) is 8.34. The Labute approximate surface area is 132 Å². The molecule has 4 heteroatoms. The van der Waals surface area contributed by atoms with Crippen LogP contribution in [0.2, 0.25) is 0 Å². The number of aryl methyl sites for hydroxylation is 1. The molecular formula is C17H28N2OS. The molecule has 21 heavy (non-hydrogen) atoms. The van der Waals surface area contributed by atoms with Crippen LogP contribution in [0.4, 0.5) is 0 Å². The first-order valence-corrected chi connectivity index (χ1v) is 9.15. The van der Waals surface area contributed by atoms with Crippen molar-refractivity contribution in [2.45, 2.75) is 32.7 Å². The summed E-state index contributed by atoms with van der Waals surface area (Å²) in [6.45, 7) is 9.64. The SMILES string of the molecule is Cc1ccc(CN2C[C@@H](CN3CCCC3)C[C@H](CO)C2)s1. The maximum Gasteiger partial charge on any atom is 0.0471 e. The van der Waals surface area contributed by atoms with Crippen LogP contribution in [-0.2, 0) is 6.54 Å². The molecule has 1 aromatic rings. The third-order valence-electron chi connectivity index (χ3n) is 4.85. The predicted octanol–water partition coefficient (Wildman–Crippen LogP) is 2.58. The highest BCUT2D eigenvalue weighted by molar-refractivity contribution is 7.11. The summed E-state index contributed by atoms with van der Waals surface area (Å²) in [4.78, 5) is 8.05. The fraction of sp³-hybridized carbons (Fsp3) is 0.765. The predicted molar refractivity (Wildman–Crippen MR) is 88.7 cm³/mol. The molecule has 3 rings (SSSR count). The molecule has 0 aromatic carbocycles. The number of hydrogen-bond donors (Lipinski definition) is 1. The van der Waals surface area contributed by atoms with Crippen molar-refractivity contribution < 1.29 is 5.11 Å². The van der Waals surface area contributed by atoms with E-state index in [0.29, 0.717) is 12.5 Å². The Morgan fingerprint density at radius 1 is 1.14 bits per heavy atom. The van der Waals surface area contributed by atoms with Gasteiger partial charge in [0.25, 0.3) is 0 Å². The molecule has 2 atom stereocenters. The Kier molecular flexibility index (Phi) is 5.33. The maximum absolute atomic E-state index is 9.62. The largest absolute Gasteiger partial charge is 0.396 e. The van der Waals surface area contributed by atoms with Gasteiger partial charge in [0, 0.05) is 42.5 Å². The van der Waals surface area contributed by atoms with Crippen molar-refractivity contribution in [3.63, 3.8) is 0 Å². The molecule has 2 fully saturated rings. The third-order valence-corrected chi connectivity index (χ3v) is 5.83. The van der Waals surface area contributed by atoms with Gasteiger partial charge < -0.3 is 10.0 Å². The monoisotopic (exact) mass is 308 g/mol. The molecule has 0 unspecified atom stereocenters. The number of likely N-dealkylation sites (tertiary alicyclic amines) is 2. The van der Waals surface area contributed by atoms with Crippen LogP contribution >= 0.6 is 11.3 Å². The van der Waals surface area contributed by atoms with E-state index in [0.717, 1.165) is 19.0 Å². The van der Waals surface area contributed by atoms with Crippen molar-refractivity contribution in [2.75, 3.05) is 39.3 Å². The van der Waals surface area contributed by atoms with Crippen molar-refractivity contribution in [3.05, 3.63) is 21.9 Å². The first-order chi connectivity index (χ1) is 10.2. The molecule has 0 aliphatic carbocycles. The molecule has 2 aliphatic rings. The number of rotatable bonds is 5. The Morgan fingerprint density at radius 2 is 1.90 bits per heavy atom. The quantitative estimate of drug-likeness (QED) is 0.906. The van der Waals surface area contributed by atoms with Crippen LogP contribution in [0, 0.1) is 18.8 Å². The zero-order valence-corrected chi connectivity index (χ0v) is 13.9. The molecule has 2 aliphatic heterocycles. The summed E-state index contributed by atoms with van der Waals surface area (Å²) in [5, 5.41) is 9.62. The van der Waals surface area contributed by atoms with E-state index in [1.165, 1.54) is 55.2 Å². The smallest absolute Gasteiger partial charge is 0.0471 e. The Morgan fingerprint density at radius 3 is 2.57 bits per heavy atom. The van der Waals surface area contributed by atoms with Gasteiger partial charge in [0.05, 0.1) is 0 Å². The zero-order chi connectivity index (χ0) is 14.7. The molecule has 3 nitrogen and oxygen atoms in total. The van der Waals surface area contributed by atoms with E-state index in [2.05, 4.69) is 28.9 Å². The second-order valence-corrected chi connectivity index (χ2v) is 8.24. The van der Waals surface area contributed by atoms with Gasteiger partial charge in [-0.25, -0.2) is 0 Å². The minimum atomic E-state index is 0.344. The molecule has 0 amide bonds. The van der Waals surface area contributed by atoms with E-state index in [4.69, 9.17) is 0 Å². The highest BCUT2D eigenvalue weighted by Crippen LogP contribution is 2.26. The minimum absolute atomic E-state index is 0.344. The van der Waals surface area contributed by atoms with Crippen LogP contribution in [0.25, 0.3) is 0 Å². The molecule has 0 saturated carbocycles. The lowest BCUT2D eigenvalue weighted by molar-refractivity contribution is 0.0664. The van der Waals surface area contributed by atoms with Crippen LogP contribution in [0.15, 0.2) is 12.1 Å². The highest BCUT2D eigenvalue weighted by atomic mass is 32.1. The second kappa shape index (κ2) is 7.23. The normalized spacial score (nSPS) is 28.3. The van der Waals surface area contributed by atoms with Crippen LogP contribution in [0.5, 0.6) is 0 Å². The minimum Gasteiger partial charge on any atom is -0.396 e. The van der Waals surface area contributed by atoms with Gasteiger partial charge in [0.1, 0.15) is 0 Å². The number of aliphatic hydroxyl groups excluding tert-OH is 1. The van der Waals surface area contributed by atoms with Crippen LogP contribution < -0.4 is 0 Å². The molecule has 1 aromatic heterocycles. The van der Waals surface area contributed by atoms with Crippen molar-refractivity contribution in [3.8, 4) is 0 Å². The third kappa shape index (κ3) is 4.28. The van der Waals surface area contributed by atoms with Gasteiger partial charge in [-0.2, -0.15) is 0 Å². The van der Waals surface area contributed by atoms with Gasteiger partial charge in [-0.3, -0.25) is 4.90 Å². The maximum atomic E-state index is 9.62. The van der Waals surface area contributed by atoms with Crippen LogP contribution in [-0.4, -0.2) is 54.2 Å². The Bertz CT molecular complexity index is 442. The van der Waals surface area contributed by atoms with Gasteiger partial charge in [-0.15, -0.1) is 11.3 Å². The summed E-state index contributed by atoms with van der Waals surface area (Å²) in [6.07, 6.45) is 3.94. The lowest BCUT2D eigenvalue weighted by Gasteiger charge is -2.38. The van der Waals surface area contributed by atoms with E-state index in [1.807, 2.05) is 11.3 Å². The summed E-state index contributed by atoms with van der Waals surface area (Å²) >= 11 is 1.91. The van der Waals surface area contributed by atoms with Gasteiger partial charge in [0.15, 0.2) is 0 Å². The lowest BCUT2D eigenvalue weighted by Crippen LogP contribution is -2.44. The van der Waals surface area contributed by atoms with Gasteiger partial charge in [-0.1, -0.05) is 0 Å². The molecule has 0 spiro atoms. The van der Waals surface area contributed by atoms with Crippen molar-refractivity contribution >= 4 is 11.3 Å². The molecule has 0 radical (unpaired) electrons. The van der Waals surface area contributed by atoms with Crippen molar-refractivity contribution in [1.29, 1.82) is 0 Å². The number of piperidine rings is 1. The molecule has 118 valence electrons. The number of hydrogen-bond acceptors (Lipinski definition) is 4. The molecule has 3 heterocycles. The fourth-order valence-corrected chi connectivity index (χ4v) is 4.87. The average Bonchev–Trinajstić information content (AvgIpc) is 3.10. The molecule has 0 bridgehead atoms. The lowest BCUT2D eigenvalue weighted by atomic mass is 9.89. The Hall–Kier alpha value is -0.420. The van der Waals surface area contributed by atoms with Gasteiger partial charge in [-0.05, 0) is 63.2 Å². The van der Waals surface area contributed by atoms with E-state index >= 15 is 0 Å². The number of nitrogens with zero attached hydrogens (tertiary/aromatic N) is 2. The first kappa shape index (κ1) is 15.5. The summed E-state index contributed by atoms with van der Waals surface area (Å²) in [6, 6.07) is 4.48. The number of aliphatic hydroxyl groups is 1. The van der Waals surface area contributed by atoms with E-state index in [-0.39, 0.29) is 0 Å². The van der Waals surface area contributed by atoms with E-state index < -0.39 is 0 Å². The summed E-state index contributed by atoms with van der Waals surface area (Å²) in [5.41, 5.74) is 0. The number of thiophene rings is 1. The molecular weight excluding hydrogens is 280 g/mol. The standard InChI is InChI=1S/C17H28N2OS/c1-14-4-5-17(21-14)12-19-10-15(8-16(11-19)13-20)9-18-6-2-3-7-18/h4-5,15-16,20H,2-3,6-13H2,1H3/t15-,16+/m1/s1. The topological polar surface area (TPSA) is 26.7 Å². The van der Waals surface area contributed by atoms with Crippen LogP contribution in [0.3, 0.4) is 0 Å². The summed E-state index contributed by atoms with van der Waals surface area (Å²) in [7, 11) is 0. The fourth-order valence-electron chi connectivity index (χ4n) is 3.94. The van der Waals surface area contributed by atoms with Gasteiger partial charge >= 0.3 is 0 Å². The second-order valence-electron chi connectivity index (χ2n) is 6.86. The zero-order valence-electron chi connectivity index (χ0n) is 13.1. The van der Waals surface area contributed by atoms with E-state index in [9.17, 15) is 5.11 Å². The van der Waals surface area contributed by atoms with Crippen LogP contribution in [0.1, 0.15) is 29.0 Å². The molecule has 2 saturated heterocycles. The summed E-state index contributed by atoms with van der Waals surface area (Å²) in [5.74, 6) is 1.20. The summed E-state index contributed by atoms with van der Waals surface area (Å²) < 4.78 is 0. The van der Waals surface area contributed by atoms with Crippen molar-refractivity contribution in [1.82, 2.24) is 9.80 Å². The average molecular weight is 308 g/mol. The Balaban J connectivity index is 1.57. The van der Waals surface area contributed by atoms with Crippen molar-refractivity contribution in [2.24, 2.45) is 11.8 Å².